The van der Waals surface area contributed by atoms with Crippen LogP contribution in [0.25, 0.3) is 0 Å². The Kier molecular flexibility index (Phi) is 4.73. The van der Waals surface area contributed by atoms with Crippen LogP contribution in [0.15, 0.2) is 34.7 Å². The van der Waals surface area contributed by atoms with E-state index in [4.69, 9.17) is 5.26 Å². The van der Waals surface area contributed by atoms with Crippen molar-refractivity contribution < 1.29 is 9.90 Å². The van der Waals surface area contributed by atoms with Gasteiger partial charge in [-0.15, -0.1) is 0 Å². The van der Waals surface area contributed by atoms with Crippen molar-refractivity contribution in [1.82, 2.24) is 4.90 Å². The van der Waals surface area contributed by atoms with Crippen LogP contribution in [0.5, 0.6) is 0 Å². The van der Waals surface area contributed by atoms with Crippen molar-refractivity contribution >= 4 is 5.97 Å². The topological polar surface area (TPSA) is 67.2 Å². The third-order valence-electron chi connectivity index (χ3n) is 2.92. The van der Waals surface area contributed by atoms with Crippen molar-refractivity contribution in [3.05, 3.63) is 34.7 Å². The van der Waals surface area contributed by atoms with Crippen LogP contribution >= 0.6 is 0 Å². The number of carbonyl (C=O) groups is 1. The number of allylic oxidation sites excluding steroid dienone is 5. The minimum atomic E-state index is -1.43. The molecule has 0 saturated carbocycles. The molecule has 0 N–H and O–H groups in total. The standard InChI is InChI=1S/C14H18N2O2/c1-4-5-6-16-10(2)7-12(8-11(16)3)13(9-15)14(17)18/h7-8H,4-6H2,1-3H3,(H,17,18)/p-1. The molecule has 1 heterocycles. The summed E-state index contributed by atoms with van der Waals surface area (Å²) in [6.07, 6.45) is 5.61. The number of unbranched alkanes of at least 4 members (excludes halogenated alkanes) is 1. The van der Waals surface area contributed by atoms with E-state index in [1.54, 1.807) is 18.2 Å². The number of carbonyl (C=O) groups excluding carboxylic acids is 1. The Bertz CT molecular complexity index is 457. The fraction of sp³-hybridized carbons (Fsp3) is 0.429. The zero-order valence-corrected chi connectivity index (χ0v) is 11.0. The minimum absolute atomic E-state index is 0.316. The van der Waals surface area contributed by atoms with Crippen molar-refractivity contribution in [3.63, 3.8) is 0 Å². The zero-order valence-electron chi connectivity index (χ0n) is 11.0. The summed E-state index contributed by atoms with van der Waals surface area (Å²) in [4.78, 5) is 13.0. The highest BCUT2D eigenvalue weighted by atomic mass is 16.4. The Morgan fingerprint density at radius 2 is 1.94 bits per heavy atom. The number of aliphatic carboxylic acids is 1. The lowest BCUT2D eigenvalue weighted by Gasteiger charge is -2.30. The molecule has 0 aromatic carbocycles. The summed E-state index contributed by atoms with van der Waals surface area (Å²) in [6.45, 7) is 6.85. The van der Waals surface area contributed by atoms with E-state index in [0.717, 1.165) is 30.8 Å². The molecule has 0 aromatic heterocycles. The first kappa shape index (κ1) is 14.0. The molecule has 96 valence electrons. The highest BCUT2D eigenvalue weighted by Crippen LogP contribution is 2.24. The zero-order chi connectivity index (χ0) is 13.7. The molecule has 0 atom stereocenters. The van der Waals surface area contributed by atoms with Gasteiger partial charge in [0, 0.05) is 17.9 Å². The quantitative estimate of drug-likeness (QED) is 0.555. The normalized spacial score (nSPS) is 14.8. The van der Waals surface area contributed by atoms with Crippen molar-refractivity contribution in [1.29, 1.82) is 5.26 Å². The van der Waals surface area contributed by atoms with Crippen LogP contribution in [0.3, 0.4) is 0 Å². The van der Waals surface area contributed by atoms with Gasteiger partial charge in [0.25, 0.3) is 0 Å². The smallest absolute Gasteiger partial charge is 0.102 e. The molecule has 1 aliphatic rings. The SMILES string of the molecule is CCCCN1C(C)=CC(=C(C#N)C(=O)[O-])C=C1C. The molecule has 0 radical (unpaired) electrons. The first-order valence-corrected chi connectivity index (χ1v) is 6.01. The van der Waals surface area contributed by atoms with Gasteiger partial charge in [0.2, 0.25) is 0 Å². The highest BCUT2D eigenvalue weighted by molar-refractivity contribution is 5.91. The monoisotopic (exact) mass is 245 g/mol. The lowest BCUT2D eigenvalue weighted by molar-refractivity contribution is -0.298. The second-order valence-electron chi connectivity index (χ2n) is 4.31. The van der Waals surface area contributed by atoms with Gasteiger partial charge < -0.3 is 14.8 Å². The average molecular weight is 245 g/mol. The molecule has 0 aromatic rings. The number of rotatable bonds is 4. The third-order valence-corrected chi connectivity index (χ3v) is 2.92. The Morgan fingerprint density at radius 3 is 2.33 bits per heavy atom. The van der Waals surface area contributed by atoms with Gasteiger partial charge in [0.15, 0.2) is 0 Å². The lowest BCUT2D eigenvalue weighted by Crippen LogP contribution is -2.27. The maximum atomic E-state index is 10.8. The van der Waals surface area contributed by atoms with Crippen LogP contribution in [-0.2, 0) is 4.79 Å². The van der Waals surface area contributed by atoms with Crippen molar-refractivity contribution in [2.75, 3.05) is 6.54 Å². The molecule has 1 aliphatic heterocycles. The molecule has 1 rings (SSSR count). The fourth-order valence-corrected chi connectivity index (χ4v) is 1.97. The van der Waals surface area contributed by atoms with Crippen LogP contribution in [0.2, 0.25) is 0 Å². The Hall–Kier alpha value is -2.02. The van der Waals surface area contributed by atoms with Gasteiger partial charge in [-0.25, -0.2) is 0 Å². The van der Waals surface area contributed by atoms with Gasteiger partial charge in [-0.05, 0) is 38.0 Å². The van der Waals surface area contributed by atoms with Gasteiger partial charge in [-0.1, -0.05) is 13.3 Å². The van der Waals surface area contributed by atoms with Gasteiger partial charge in [0.1, 0.15) is 6.07 Å². The molecule has 0 bridgehead atoms. The van der Waals surface area contributed by atoms with E-state index in [2.05, 4.69) is 11.8 Å². The summed E-state index contributed by atoms with van der Waals surface area (Å²) in [5, 5.41) is 19.7. The van der Waals surface area contributed by atoms with Crippen molar-refractivity contribution in [2.24, 2.45) is 0 Å². The van der Waals surface area contributed by atoms with E-state index in [1.165, 1.54) is 0 Å². The first-order chi connectivity index (χ1) is 8.51. The second-order valence-corrected chi connectivity index (χ2v) is 4.31. The number of carboxylic acids is 1. The first-order valence-electron chi connectivity index (χ1n) is 6.01. The number of hydrogen-bond donors (Lipinski definition) is 0. The molecule has 0 saturated heterocycles. The maximum Gasteiger partial charge on any atom is 0.102 e. The highest BCUT2D eigenvalue weighted by Gasteiger charge is 2.15. The van der Waals surface area contributed by atoms with Gasteiger partial charge in [-0.3, -0.25) is 0 Å². The molecule has 0 spiro atoms. The minimum Gasteiger partial charge on any atom is -0.544 e. The number of carboxylic acid groups (broad SMARTS) is 1. The number of hydrogen-bond acceptors (Lipinski definition) is 4. The van der Waals surface area contributed by atoms with Crippen molar-refractivity contribution in [3.8, 4) is 6.07 Å². The summed E-state index contributed by atoms with van der Waals surface area (Å²) < 4.78 is 0. The summed E-state index contributed by atoms with van der Waals surface area (Å²) >= 11 is 0. The van der Waals surface area contributed by atoms with E-state index >= 15 is 0 Å². The third kappa shape index (κ3) is 3.01. The Balaban J connectivity index is 3.09. The number of nitriles is 1. The molecule has 0 unspecified atom stereocenters. The van der Waals surface area contributed by atoms with Crippen LogP contribution in [0, 0.1) is 11.3 Å². The largest absolute Gasteiger partial charge is 0.544 e. The predicted octanol–water partition coefficient (Wildman–Crippen LogP) is 1.48. The summed E-state index contributed by atoms with van der Waals surface area (Å²) in [5.74, 6) is -1.43. The van der Waals surface area contributed by atoms with E-state index in [1.807, 2.05) is 13.8 Å². The summed E-state index contributed by atoms with van der Waals surface area (Å²) in [7, 11) is 0. The molecular weight excluding hydrogens is 228 g/mol. The molecule has 0 fully saturated rings. The van der Waals surface area contributed by atoms with Crippen LogP contribution < -0.4 is 5.11 Å². The molecule has 4 nitrogen and oxygen atoms in total. The van der Waals surface area contributed by atoms with Crippen LogP contribution in [0.1, 0.15) is 33.6 Å². The van der Waals surface area contributed by atoms with Gasteiger partial charge >= 0.3 is 0 Å². The Morgan fingerprint density at radius 1 is 1.39 bits per heavy atom. The summed E-state index contributed by atoms with van der Waals surface area (Å²) in [5.41, 5.74) is 2.00. The average Bonchev–Trinajstić information content (AvgIpc) is 2.28. The Labute approximate surface area is 108 Å². The molecule has 4 heteroatoms. The summed E-state index contributed by atoms with van der Waals surface area (Å²) in [6, 6.07) is 1.68. The van der Waals surface area contributed by atoms with Crippen molar-refractivity contribution in [2.45, 2.75) is 33.6 Å². The lowest BCUT2D eigenvalue weighted by atomic mass is 10.0. The molecule has 0 aliphatic carbocycles. The maximum absolute atomic E-state index is 10.8. The predicted molar refractivity (Wildman–Crippen MR) is 66.8 cm³/mol. The van der Waals surface area contributed by atoms with E-state index in [0.29, 0.717) is 5.57 Å². The molecule has 18 heavy (non-hydrogen) atoms. The fourth-order valence-electron chi connectivity index (χ4n) is 1.97. The molecule has 0 amide bonds. The number of nitrogens with zero attached hydrogens (tertiary/aromatic N) is 2. The van der Waals surface area contributed by atoms with Gasteiger partial charge in [-0.2, -0.15) is 5.26 Å². The van der Waals surface area contributed by atoms with Crippen LogP contribution in [0.4, 0.5) is 0 Å². The van der Waals surface area contributed by atoms with E-state index in [-0.39, 0.29) is 5.57 Å². The van der Waals surface area contributed by atoms with Crippen LogP contribution in [-0.4, -0.2) is 17.4 Å². The van der Waals surface area contributed by atoms with E-state index in [9.17, 15) is 9.90 Å². The van der Waals surface area contributed by atoms with Gasteiger partial charge in [0.05, 0.1) is 11.5 Å². The van der Waals surface area contributed by atoms with E-state index < -0.39 is 5.97 Å². The molecular formula is C14H17N2O2-. The second kappa shape index (κ2) is 6.06.